The van der Waals surface area contributed by atoms with Crippen LogP contribution in [0.4, 0.5) is 0 Å². The molecule has 0 radical (unpaired) electrons. The molecule has 0 aliphatic heterocycles. The molecule has 0 amide bonds. The molecule has 0 atom stereocenters. The van der Waals surface area contributed by atoms with Gasteiger partial charge in [0.05, 0.1) is 0 Å². The van der Waals surface area contributed by atoms with Gasteiger partial charge in [-0.2, -0.15) is 0 Å². The maximum Gasteiger partial charge on any atom is 0.342 e. The van der Waals surface area contributed by atoms with Crippen LogP contribution in [0.15, 0.2) is 34.3 Å². The van der Waals surface area contributed by atoms with Crippen molar-refractivity contribution in [3.05, 3.63) is 46.3 Å². The van der Waals surface area contributed by atoms with Crippen molar-refractivity contribution in [2.75, 3.05) is 0 Å². The SMILES string of the molecule is CCc1nc(S/C(=C\c2c(C)[nH]c3ccccc23)C(=O)O)n[nH]1. The highest BCUT2D eigenvalue weighted by Gasteiger charge is 2.15. The number of thioether (sulfide) groups is 1. The van der Waals surface area contributed by atoms with Crippen molar-refractivity contribution in [3.8, 4) is 0 Å². The molecule has 1 aromatic carbocycles. The highest BCUT2D eigenvalue weighted by Crippen LogP contribution is 2.30. The standard InChI is InChI=1S/C16H16N4O2S/c1-3-14-18-16(20-19-14)23-13(15(21)22)8-11-9(2)17-12-7-5-4-6-10(11)12/h4-8,17H,3H2,1-2H3,(H,21,22)(H,18,19,20)/b13-8-. The molecule has 23 heavy (non-hydrogen) atoms. The Kier molecular flexibility index (Phi) is 4.20. The van der Waals surface area contributed by atoms with Crippen molar-refractivity contribution in [3.63, 3.8) is 0 Å². The van der Waals surface area contributed by atoms with Crippen LogP contribution in [-0.2, 0) is 11.2 Å². The minimum Gasteiger partial charge on any atom is -0.477 e. The summed E-state index contributed by atoms with van der Waals surface area (Å²) in [6.45, 7) is 3.89. The molecule has 0 saturated heterocycles. The van der Waals surface area contributed by atoms with Gasteiger partial charge in [0, 0.05) is 28.6 Å². The number of nitrogens with one attached hydrogen (secondary N) is 2. The Bertz CT molecular complexity index is 895. The molecule has 0 spiro atoms. The van der Waals surface area contributed by atoms with Gasteiger partial charge in [-0.3, -0.25) is 5.10 Å². The lowest BCUT2D eigenvalue weighted by Crippen LogP contribution is -1.97. The lowest BCUT2D eigenvalue weighted by Gasteiger charge is -2.00. The van der Waals surface area contributed by atoms with E-state index >= 15 is 0 Å². The largest absolute Gasteiger partial charge is 0.477 e. The Balaban J connectivity index is 2.01. The predicted molar refractivity (Wildman–Crippen MR) is 90.3 cm³/mol. The van der Waals surface area contributed by atoms with E-state index in [0.29, 0.717) is 5.16 Å². The van der Waals surface area contributed by atoms with E-state index in [1.807, 2.05) is 38.1 Å². The molecule has 0 bridgehead atoms. The van der Waals surface area contributed by atoms with E-state index in [2.05, 4.69) is 20.2 Å². The Morgan fingerprint density at radius 2 is 2.17 bits per heavy atom. The van der Waals surface area contributed by atoms with Crippen molar-refractivity contribution >= 4 is 34.7 Å². The number of carboxylic acid groups (broad SMARTS) is 1. The summed E-state index contributed by atoms with van der Waals surface area (Å²) in [5.41, 5.74) is 2.78. The number of carbonyl (C=O) groups is 1. The summed E-state index contributed by atoms with van der Waals surface area (Å²) in [5, 5.41) is 17.7. The average Bonchev–Trinajstić information content (AvgIpc) is 3.11. The Labute approximate surface area is 137 Å². The first kappa shape index (κ1) is 15.4. The van der Waals surface area contributed by atoms with E-state index in [9.17, 15) is 9.90 Å². The van der Waals surface area contributed by atoms with Gasteiger partial charge >= 0.3 is 5.97 Å². The van der Waals surface area contributed by atoms with Crippen molar-refractivity contribution in [2.45, 2.75) is 25.4 Å². The van der Waals surface area contributed by atoms with Gasteiger partial charge in [-0.25, -0.2) is 9.78 Å². The third-order valence-corrected chi connectivity index (χ3v) is 4.35. The zero-order chi connectivity index (χ0) is 16.4. The number of fused-ring (bicyclic) bond motifs is 1. The lowest BCUT2D eigenvalue weighted by molar-refractivity contribution is -0.131. The van der Waals surface area contributed by atoms with E-state index in [-0.39, 0.29) is 4.91 Å². The summed E-state index contributed by atoms with van der Waals surface area (Å²) < 4.78 is 0. The van der Waals surface area contributed by atoms with E-state index in [0.717, 1.165) is 46.2 Å². The molecule has 118 valence electrons. The van der Waals surface area contributed by atoms with Crippen molar-refractivity contribution in [1.29, 1.82) is 0 Å². The molecule has 3 N–H and O–H groups in total. The Morgan fingerprint density at radius 3 is 2.87 bits per heavy atom. The van der Waals surface area contributed by atoms with E-state index in [1.54, 1.807) is 6.08 Å². The van der Waals surface area contributed by atoms with Gasteiger partial charge in [-0.05, 0) is 30.8 Å². The molecule has 0 fully saturated rings. The van der Waals surface area contributed by atoms with Crippen LogP contribution in [0.3, 0.4) is 0 Å². The summed E-state index contributed by atoms with van der Waals surface area (Å²) in [7, 11) is 0. The smallest absolute Gasteiger partial charge is 0.342 e. The van der Waals surface area contributed by atoms with Crippen LogP contribution in [0, 0.1) is 6.92 Å². The molecule has 0 unspecified atom stereocenters. The third kappa shape index (κ3) is 3.14. The topological polar surface area (TPSA) is 94.7 Å². The number of benzene rings is 1. The summed E-state index contributed by atoms with van der Waals surface area (Å²) in [4.78, 5) is 19.3. The van der Waals surface area contributed by atoms with Crippen LogP contribution in [0.1, 0.15) is 24.0 Å². The number of rotatable bonds is 5. The monoisotopic (exact) mass is 328 g/mol. The first-order valence-corrected chi connectivity index (χ1v) is 8.01. The summed E-state index contributed by atoms with van der Waals surface area (Å²) in [6.07, 6.45) is 2.39. The number of aromatic amines is 2. The van der Waals surface area contributed by atoms with Crippen molar-refractivity contribution in [2.24, 2.45) is 0 Å². The maximum atomic E-state index is 11.6. The zero-order valence-corrected chi connectivity index (χ0v) is 13.6. The van der Waals surface area contributed by atoms with Gasteiger partial charge in [-0.1, -0.05) is 25.1 Å². The molecule has 0 saturated carbocycles. The predicted octanol–water partition coefficient (Wildman–Crippen LogP) is 3.37. The number of para-hydroxylation sites is 1. The Morgan fingerprint density at radius 1 is 1.39 bits per heavy atom. The van der Waals surface area contributed by atoms with E-state index < -0.39 is 5.97 Å². The molecule has 2 heterocycles. The van der Waals surface area contributed by atoms with Crippen LogP contribution in [0.25, 0.3) is 17.0 Å². The van der Waals surface area contributed by atoms with Gasteiger partial charge in [0.1, 0.15) is 10.7 Å². The molecule has 7 heteroatoms. The minimum atomic E-state index is -0.998. The van der Waals surface area contributed by atoms with Crippen molar-refractivity contribution in [1.82, 2.24) is 20.2 Å². The second kappa shape index (κ2) is 6.29. The molecule has 6 nitrogen and oxygen atoms in total. The highest BCUT2D eigenvalue weighted by atomic mass is 32.2. The Hall–Kier alpha value is -2.54. The number of aliphatic carboxylic acids is 1. The van der Waals surface area contributed by atoms with Crippen molar-refractivity contribution < 1.29 is 9.90 Å². The van der Waals surface area contributed by atoms with Gasteiger partial charge in [0.25, 0.3) is 0 Å². The number of nitrogens with zero attached hydrogens (tertiary/aromatic N) is 2. The first-order chi connectivity index (χ1) is 11.1. The number of hydrogen-bond acceptors (Lipinski definition) is 4. The normalized spacial score (nSPS) is 12.0. The summed E-state index contributed by atoms with van der Waals surface area (Å²) >= 11 is 1.04. The highest BCUT2D eigenvalue weighted by molar-refractivity contribution is 8.04. The molecular formula is C16H16N4O2S. The average molecular weight is 328 g/mol. The number of hydrogen-bond donors (Lipinski definition) is 3. The quantitative estimate of drug-likeness (QED) is 0.493. The van der Waals surface area contributed by atoms with Crippen LogP contribution in [0.5, 0.6) is 0 Å². The molecule has 0 aliphatic carbocycles. The molecule has 0 aliphatic rings. The molecule has 2 aromatic heterocycles. The van der Waals surface area contributed by atoms with E-state index in [1.165, 1.54) is 0 Å². The van der Waals surface area contributed by atoms with Gasteiger partial charge in [0.15, 0.2) is 0 Å². The van der Waals surface area contributed by atoms with Crippen LogP contribution in [0.2, 0.25) is 0 Å². The number of carboxylic acids is 1. The molecular weight excluding hydrogens is 312 g/mol. The maximum absolute atomic E-state index is 11.6. The van der Waals surface area contributed by atoms with Crippen LogP contribution < -0.4 is 0 Å². The summed E-state index contributed by atoms with van der Waals surface area (Å²) in [6, 6.07) is 7.81. The number of aromatic nitrogens is 4. The van der Waals surface area contributed by atoms with Gasteiger partial charge in [-0.15, -0.1) is 5.10 Å². The van der Waals surface area contributed by atoms with Crippen LogP contribution in [-0.4, -0.2) is 31.2 Å². The lowest BCUT2D eigenvalue weighted by atomic mass is 10.1. The minimum absolute atomic E-state index is 0.180. The first-order valence-electron chi connectivity index (χ1n) is 7.20. The fraction of sp³-hybridized carbons (Fsp3) is 0.188. The molecule has 3 rings (SSSR count). The fourth-order valence-corrected chi connectivity index (χ4v) is 3.04. The summed E-state index contributed by atoms with van der Waals surface area (Å²) in [5.74, 6) is -0.261. The van der Waals surface area contributed by atoms with Gasteiger partial charge in [0.2, 0.25) is 5.16 Å². The second-order valence-electron chi connectivity index (χ2n) is 5.04. The zero-order valence-electron chi connectivity index (χ0n) is 12.8. The van der Waals surface area contributed by atoms with Crippen LogP contribution >= 0.6 is 11.8 Å². The van der Waals surface area contributed by atoms with E-state index in [4.69, 9.17) is 0 Å². The van der Waals surface area contributed by atoms with Gasteiger partial charge < -0.3 is 10.1 Å². The number of aryl methyl sites for hydroxylation is 2. The third-order valence-electron chi connectivity index (χ3n) is 3.48. The fourth-order valence-electron chi connectivity index (χ4n) is 2.33. The number of H-pyrrole nitrogens is 2. The second-order valence-corrected chi connectivity index (χ2v) is 6.05. The molecule has 3 aromatic rings.